The monoisotopic (exact) mass is 433 g/mol. The van der Waals surface area contributed by atoms with E-state index in [0.29, 0.717) is 16.5 Å². The van der Waals surface area contributed by atoms with E-state index in [9.17, 15) is 8.42 Å². The standard InChI is InChI=1S/C15H11N7O3S3/c1-25-14-13(19-27-20-14)21-28(23,24)11-4-2-10(3-5-11)22-12(18)8-26-15(22)9(6-16)7-17/h2-5,8H,18H2,1H3,(H,19,21). The van der Waals surface area contributed by atoms with Crippen molar-refractivity contribution in [2.45, 2.75) is 4.90 Å². The minimum atomic E-state index is -3.92. The third-order valence-electron chi connectivity index (χ3n) is 3.48. The Hall–Kier alpha value is -3.26. The number of anilines is 2. The fourth-order valence-corrected chi connectivity index (χ4v) is 4.64. The maximum Gasteiger partial charge on any atom is 0.271 e. The zero-order chi connectivity index (χ0) is 20.3. The largest absolute Gasteiger partial charge is 0.478 e. The van der Waals surface area contributed by atoms with Gasteiger partial charge in [0.05, 0.1) is 23.7 Å². The van der Waals surface area contributed by atoms with Gasteiger partial charge in [0, 0.05) is 11.1 Å². The summed E-state index contributed by atoms with van der Waals surface area (Å²) in [6.45, 7) is 0. The molecule has 0 fully saturated rings. The molecule has 2 aromatic rings. The first kappa shape index (κ1) is 19.5. The highest BCUT2D eigenvalue weighted by molar-refractivity contribution is 8.06. The molecular weight excluding hydrogens is 422 g/mol. The van der Waals surface area contributed by atoms with Crippen LogP contribution < -0.4 is 20.1 Å². The summed E-state index contributed by atoms with van der Waals surface area (Å²) in [6, 6.07) is 9.42. The van der Waals surface area contributed by atoms with Crippen LogP contribution >= 0.6 is 23.5 Å². The molecule has 0 amide bonds. The summed E-state index contributed by atoms with van der Waals surface area (Å²) in [7, 11) is -2.56. The fraction of sp³-hybridized carbons (Fsp3) is 0.0667. The molecule has 0 atom stereocenters. The maximum absolute atomic E-state index is 12.6. The van der Waals surface area contributed by atoms with E-state index in [0.717, 1.165) is 23.5 Å². The molecule has 1 aliphatic rings. The third-order valence-corrected chi connectivity index (χ3v) is 6.31. The lowest BCUT2D eigenvalue weighted by molar-refractivity contribution is 0.404. The van der Waals surface area contributed by atoms with E-state index in [-0.39, 0.29) is 22.2 Å². The summed E-state index contributed by atoms with van der Waals surface area (Å²) < 4.78 is 40.0. The van der Waals surface area contributed by atoms with Crippen molar-refractivity contribution in [3.05, 3.63) is 46.1 Å². The molecule has 2 heterocycles. The molecule has 28 heavy (non-hydrogen) atoms. The van der Waals surface area contributed by atoms with E-state index in [1.807, 2.05) is 12.1 Å². The van der Waals surface area contributed by atoms with Crippen LogP contribution in [0.5, 0.6) is 5.88 Å². The number of hydrogen-bond donors (Lipinski definition) is 2. The number of rotatable bonds is 5. The smallest absolute Gasteiger partial charge is 0.271 e. The number of nitriles is 2. The zero-order valence-corrected chi connectivity index (χ0v) is 16.6. The second-order valence-electron chi connectivity index (χ2n) is 5.12. The van der Waals surface area contributed by atoms with Crippen LogP contribution in [-0.4, -0.2) is 24.3 Å². The first-order valence-corrected chi connectivity index (χ1v) is 10.5. The van der Waals surface area contributed by atoms with Crippen molar-refractivity contribution < 1.29 is 13.2 Å². The molecule has 1 aromatic heterocycles. The van der Waals surface area contributed by atoms with Crippen molar-refractivity contribution in [2.24, 2.45) is 5.73 Å². The van der Waals surface area contributed by atoms with Crippen molar-refractivity contribution in [1.29, 1.82) is 10.5 Å². The quantitative estimate of drug-likeness (QED) is 0.667. The van der Waals surface area contributed by atoms with Gasteiger partial charge in [-0.25, -0.2) is 8.42 Å². The van der Waals surface area contributed by atoms with Gasteiger partial charge in [-0.2, -0.15) is 14.9 Å². The van der Waals surface area contributed by atoms with E-state index >= 15 is 0 Å². The Kier molecular flexibility index (Phi) is 5.41. The Labute approximate surface area is 168 Å². The Morgan fingerprint density at radius 2 is 1.93 bits per heavy atom. The molecule has 142 valence electrons. The third kappa shape index (κ3) is 3.59. The number of allylic oxidation sites excluding steroid dienone is 1. The van der Waals surface area contributed by atoms with Crippen molar-refractivity contribution >= 4 is 45.0 Å². The number of hydrogen-bond acceptors (Lipinski definition) is 11. The summed E-state index contributed by atoms with van der Waals surface area (Å²) >= 11 is 1.96. The van der Waals surface area contributed by atoms with Gasteiger partial charge >= 0.3 is 0 Å². The van der Waals surface area contributed by atoms with Crippen molar-refractivity contribution in [2.75, 3.05) is 16.7 Å². The van der Waals surface area contributed by atoms with Gasteiger partial charge in [0.25, 0.3) is 15.9 Å². The van der Waals surface area contributed by atoms with E-state index < -0.39 is 10.0 Å². The molecule has 0 unspecified atom stereocenters. The average Bonchev–Trinajstić information content (AvgIpc) is 3.29. The fourth-order valence-electron chi connectivity index (χ4n) is 2.23. The van der Waals surface area contributed by atoms with Gasteiger partial charge in [-0.3, -0.25) is 9.62 Å². The molecule has 3 N–H and O–H groups in total. The number of methoxy groups -OCH3 is 1. The number of sulfonamides is 1. The second kappa shape index (κ2) is 7.77. The lowest BCUT2D eigenvalue weighted by atomic mass is 10.2. The van der Waals surface area contributed by atoms with Gasteiger partial charge in [-0.15, -0.1) is 4.37 Å². The summed E-state index contributed by atoms with van der Waals surface area (Å²) in [5.74, 6) is 0.389. The topological polar surface area (TPSA) is 158 Å². The lowest BCUT2D eigenvalue weighted by Crippen LogP contribution is -2.23. The van der Waals surface area contributed by atoms with Crippen LogP contribution in [0.1, 0.15) is 0 Å². The Morgan fingerprint density at radius 3 is 2.54 bits per heavy atom. The van der Waals surface area contributed by atoms with Gasteiger partial charge in [0.1, 0.15) is 23.0 Å². The van der Waals surface area contributed by atoms with E-state index in [2.05, 4.69) is 13.5 Å². The molecule has 1 aliphatic heterocycles. The molecule has 0 radical (unpaired) electrons. The van der Waals surface area contributed by atoms with E-state index in [4.69, 9.17) is 21.0 Å². The molecule has 3 rings (SSSR count). The van der Waals surface area contributed by atoms with Crippen LogP contribution in [-0.2, 0) is 10.0 Å². The summed E-state index contributed by atoms with van der Waals surface area (Å²) in [5, 5.41) is 20.2. The highest BCUT2D eigenvalue weighted by Crippen LogP contribution is 2.38. The molecule has 0 saturated carbocycles. The molecule has 0 saturated heterocycles. The minimum absolute atomic E-state index is 0.00222. The lowest BCUT2D eigenvalue weighted by Gasteiger charge is -2.21. The number of ether oxygens (including phenoxy) is 1. The van der Waals surface area contributed by atoms with Crippen LogP contribution in [0.4, 0.5) is 11.5 Å². The maximum atomic E-state index is 12.6. The Morgan fingerprint density at radius 1 is 1.25 bits per heavy atom. The van der Waals surface area contributed by atoms with Crippen molar-refractivity contribution in [1.82, 2.24) is 8.75 Å². The molecular formula is C15H11N7O3S3. The molecule has 1 aromatic carbocycles. The van der Waals surface area contributed by atoms with Crippen LogP contribution in [0.2, 0.25) is 0 Å². The number of nitrogens with two attached hydrogens (primary N) is 1. The molecule has 13 heteroatoms. The van der Waals surface area contributed by atoms with Gasteiger partial charge in [0.15, 0.2) is 5.57 Å². The normalized spacial score (nSPS) is 13.5. The summed E-state index contributed by atoms with van der Waals surface area (Å²) in [6.07, 6.45) is 0. The van der Waals surface area contributed by atoms with Gasteiger partial charge in [-0.1, -0.05) is 11.8 Å². The van der Waals surface area contributed by atoms with E-state index in [1.165, 1.54) is 36.3 Å². The minimum Gasteiger partial charge on any atom is -0.478 e. The predicted molar refractivity (Wildman–Crippen MR) is 104 cm³/mol. The van der Waals surface area contributed by atoms with Crippen LogP contribution in [0.3, 0.4) is 0 Å². The van der Waals surface area contributed by atoms with Gasteiger partial charge < -0.3 is 10.5 Å². The van der Waals surface area contributed by atoms with Gasteiger partial charge in [-0.05, 0) is 24.3 Å². The molecule has 0 spiro atoms. The molecule has 0 bridgehead atoms. The summed E-state index contributed by atoms with van der Waals surface area (Å²) in [5.41, 5.74) is 6.36. The number of nitrogens with one attached hydrogen (secondary N) is 1. The highest BCUT2D eigenvalue weighted by atomic mass is 32.2. The Bertz CT molecular complexity index is 1140. The number of benzene rings is 1. The van der Waals surface area contributed by atoms with Crippen molar-refractivity contribution in [3.63, 3.8) is 0 Å². The SMILES string of the molecule is COc1nsnc1NS(=O)(=O)c1ccc(N2C(N)=CSC2=C(C#N)C#N)cc1. The number of nitrogens with zero attached hydrogens (tertiary/aromatic N) is 5. The molecule has 10 nitrogen and oxygen atoms in total. The van der Waals surface area contributed by atoms with Crippen molar-refractivity contribution in [3.8, 4) is 18.0 Å². The molecule has 0 aliphatic carbocycles. The Balaban J connectivity index is 1.91. The highest BCUT2D eigenvalue weighted by Gasteiger charge is 2.26. The predicted octanol–water partition coefficient (Wildman–Crippen LogP) is 1.92. The number of thioether (sulfide) groups is 1. The zero-order valence-electron chi connectivity index (χ0n) is 14.1. The van der Waals surface area contributed by atoms with Crippen LogP contribution in [0, 0.1) is 22.7 Å². The van der Waals surface area contributed by atoms with Crippen LogP contribution in [0.15, 0.2) is 51.0 Å². The second-order valence-corrected chi connectivity index (χ2v) is 8.19. The van der Waals surface area contributed by atoms with E-state index in [1.54, 1.807) is 5.41 Å². The van der Waals surface area contributed by atoms with Crippen LogP contribution in [0.25, 0.3) is 0 Å². The summed E-state index contributed by atoms with van der Waals surface area (Å²) in [4.78, 5) is 1.48. The number of aromatic nitrogens is 2. The first-order chi connectivity index (χ1) is 13.4. The first-order valence-electron chi connectivity index (χ1n) is 7.37. The van der Waals surface area contributed by atoms with Gasteiger partial charge in [0.2, 0.25) is 5.82 Å². The average molecular weight is 434 g/mol.